The van der Waals surface area contributed by atoms with Gasteiger partial charge in [0.1, 0.15) is 10.7 Å². The standard InChI is InChI=1S/C14H20ClFN2O2S/c1-9-7-14(10(15)8-11(9)16)21(19,20)17-12-5-4-6-13(12)18(2)3/h7-8,12-13,17H,4-6H2,1-3H3/t12-,13-/m1/s1. The van der Waals surface area contributed by atoms with Crippen LogP contribution in [0.25, 0.3) is 0 Å². The summed E-state index contributed by atoms with van der Waals surface area (Å²) in [5.41, 5.74) is 0.260. The Hall–Kier alpha value is -0.690. The molecule has 2 atom stereocenters. The molecule has 1 aliphatic carbocycles. The number of halogens is 2. The van der Waals surface area contributed by atoms with Crippen molar-refractivity contribution in [3.8, 4) is 0 Å². The minimum absolute atomic E-state index is 0.0625. The zero-order valence-corrected chi connectivity index (χ0v) is 13.9. The van der Waals surface area contributed by atoms with E-state index in [-0.39, 0.29) is 27.6 Å². The maximum Gasteiger partial charge on any atom is 0.242 e. The Morgan fingerprint density at radius 1 is 1.33 bits per heavy atom. The lowest BCUT2D eigenvalue weighted by Gasteiger charge is -2.26. The van der Waals surface area contributed by atoms with E-state index in [1.54, 1.807) is 0 Å². The molecular formula is C14H20ClFN2O2S. The van der Waals surface area contributed by atoms with E-state index in [0.29, 0.717) is 0 Å². The number of nitrogens with one attached hydrogen (secondary N) is 1. The first-order valence-electron chi connectivity index (χ1n) is 6.87. The number of nitrogens with zero attached hydrogens (tertiary/aromatic N) is 1. The first-order valence-corrected chi connectivity index (χ1v) is 8.73. The Kier molecular flexibility index (Phi) is 4.92. The summed E-state index contributed by atoms with van der Waals surface area (Å²) in [6.07, 6.45) is 2.72. The average Bonchev–Trinajstić information content (AvgIpc) is 2.81. The molecule has 0 saturated heterocycles. The van der Waals surface area contributed by atoms with Crippen LogP contribution in [0.5, 0.6) is 0 Å². The maximum atomic E-state index is 13.4. The molecule has 0 spiro atoms. The molecule has 0 radical (unpaired) electrons. The zero-order chi connectivity index (χ0) is 15.8. The van der Waals surface area contributed by atoms with E-state index in [9.17, 15) is 12.8 Å². The third-order valence-electron chi connectivity index (χ3n) is 3.95. The van der Waals surface area contributed by atoms with Crippen molar-refractivity contribution in [1.82, 2.24) is 9.62 Å². The van der Waals surface area contributed by atoms with Gasteiger partial charge in [0.25, 0.3) is 0 Å². The highest BCUT2D eigenvalue weighted by atomic mass is 35.5. The SMILES string of the molecule is Cc1cc(S(=O)(=O)N[C@@H]2CCC[C@H]2N(C)C)c(Cl)cc1F. The van der Waals surface area contributed by atoms with Gasteiger partial charge in [-0.25, -0.2) is 17.5 Å². The minimum atomic E-state index is -3.76. The third-order valence-corrected chi connectivity index (χ3v) is 5.91. The highest BCUT2D eigenvalue weighted by Gasteiger charge is 2.33. The van der Waals surface area contributed by atoms with Gasteiger partial charge in [-0.05, 0) is 51.6 Å². The van der Waals surface area contributed by atoms with Crippen molar-refractivity contribution in [2.75, 3.05) is 14.1 Å². The van der Waals surface area contributed by atoms with Crippen LogP contribution in [0.4, 0.5) is 4.39 Å². The van der Waals surface area contributed by atoms with Crippen molar-refractivity contribution < 1.29 is 12.8 Å². The summed E-state index contributed by atoms with van der Waals surface area (Å²) in [4.78, 5) is 1.96. The van der Waals surface area contributed by atoms with E-state index in [4.69, 9.17) is 11.6 Å². The molecule has 2 rings (SSSR count). The lowest BCUT2D eigenvalue weighted by molar-refractivity contribution is 0.267. The van der Waals surface area contributed by atoms with Crippen molar-refractivity contribution in [1.29, 1.82) is 0 Å². The smallest absolute Gasteiger partial charge is 0.242 e. The van der Waals surface area contributed by atoms with E-state index < -0.39 is 15.8 Å². The van der Waals surface area contributed by atoms with Crippen LogP contribution in [0.15, 0.2) is 17.0 Å². The number of hydrogen-bond donors (Lipinski definition) is 1. The Morgan fingerprint density at radius 2 is 2.00 bits per heavy atom. The molecule has 0 unspecified atom stereocenters. The summed E-state index contributed by atoms with van der Waals surface area (Å²) in [5.74, 6) is -0.508. The quantitative estimate of drug-likeness (QED) is 0.920. The summed E-state index contributed by atoms with van der Waals surface area (Å²) in [7, 11) is 0.118. The summed E-state index contributed by atoms with van der Waals surface area (Å²) in [6.45, 7) is 1.52. The normalized spacial score (nSPS) is 23.0. The van der Waals surface area contributed by atoms with Crippen LogP contribution < -0.4 is 4.72 Å². The molecule has 7 heteroatoms. The Bertz CT molecular complexity index is 634. The molecule has 118 valence electrons. The molecule has 1 aromatic carbocycles. The lowest BCUT2D eigenvalue weighted by atomic mass is 10.2. The molecule has 21 heavy (non-hydrogen) atoms. The number of aryl methyl sites for hydroxylation is 1. The number of benzene rings is 1. The molecule has 1 saturated carbocycles. The summed E-state index contributed by atoms with van der Waals surface area (Å²) in [6, 6.07) is 2.34. The van der Waals surface area contributed by atoms with Crippen LogP contribution in [0.1, 0.15) is 24.8 Å². The molecule has 0 amide bonds. The van der Waals surface area contributed by atoms with Crippen molar-refractivity contribution in [3.05, 3.63) is 28.5 Å². The van der Waals surface area contributed by atoms with Gasteiger partial charge in [-0.2, -0.15) is 0 Å². The monoisotopic (exact) mass is 334 g/mol. The predicted octanol–water partition coefficient (Wildman–Crippen LogP) is 2.55. The second-order valence-corrected chi connectivity index (χ2v) is 7.81. The van der Waals surface area contributed by atoms with Crippen LogP contribution in [-0.2, 0) is 10.0 Å². The van der Waals surface area contributed by atoms with Gasteiger partial charge in [0, 0.05) is 12.1 Å². The molecule has 0 heterocycles. The third kappa shape index (κ3) is 3.56. The van der Waals surface area contributed by atoms with E-state index in [1.165, 1.54) is 13.0 Å². The van der Waals surface area contributed by atoms with E-state index in [2.05, 4.69) is 4.72 Å². The van der Waals surface area contributed by atoms with Gasteiger partial charge in [0.2, 0.25) is 10.0 Å². The Balaban J connectivity index is 2.29. The first kappa shape index (κ1) is 16.7. The largest absolute Gasteiger partial charge is 0.305 e. The number of sulfonamides is 1. The molecule has 1 aliphatic rings. The predicted molar refractivity (Wildman–Crippen MR) is 81.6 cm³/mol. The van der Waals surface area contributed by atoms with Crippen molar-refractivity contribution in [3.63, 3.8) is 0 Å². The van der Waals surface area contributed by atoms with E-state index in [1.807, 2.05) is 19.0 Å². The van der Waals surface area contributed by atoms with Crippen molar-refractivity contribution in [2.24, 2.45) is 0 Å². The van der Waals surface area contributed by atoms with Gasteiger partial charge >= 0.3 is 0 Å². The summed E-state index contributed by atoms with van der Waals surface area (Å²) < 4.78 is 41.1. The summed E-state index contributed by atoms with van der Waals surface area (Å²) in [5, 5.41) is -0.0926. The van der Waals surface area contributed by atoms with E-state index in [0.717, 1.165) is 25.3 Å². The number of rotatable bonds is 4. The zero-order valence-electron chi connectivity index (χ0n) is 12.4. The molecule has 0 aromatic heterocycles. The Labute approximate surface area is 130 Å². The minimum Gasteiger partial charge on any atom is -0.305 e. The molecule has 1 N–H and O–H groups in total. The van der Waals surface area contributed by atoms with Gasteiger partial charge in [0.05, 0.1) is 5.02 Å². The van der Waals surface area contributed by atoms with Gasteiger partial charge in [0.15, 0.2) is 0 Å². The van der Waals surface area contributed by atoms with Crippen LogP contribution in [0.2, 0.25) is 5.02 Å². The molecule has 0 aliphatic heterocycles. The van der Waals surface area contributed by atoms with Gasteiger partial charge < -0.3 is 4.90 Å². The van der Waals surface area contributed by atoms with Crippen LogP contribution >= 0.6 is 11.6 Å². The maximum absolute atomic E-state index is 13.4. The topological polar surface area (TPSA) is 49.4 Å². The highest BCUT2D eigenvalue weighted by molar-refractivity contribution is 7.89. The average molecular weight is 335 g/mol. The highest BCUT2D eigenvalue weighted by Crippen LogP contribution is 2.28. The fourth-order valence-corrected chi connectivity index (χ4v) is 4.70. The van der Waals surface area contributed by atoms with Crippen LogP contribution in [0, 0.1) is 12.7 Å². The first-order chi connectivity index (χ1) is 9.72. The Morgan fingerprint density at radius 3 is 2.62 bits per heavy atom. The lowest BCUT2D eigenvalue weighted by Crippen LogP contribution is -2.46. The number of hydrogen-bond acceptors (Lipinski definition) is 3. The van der Waals surface area contributed by atoms with Gasteiger partial charge in [-0.1, -0.05) is 18.0 Å². The second-order valence-electron chi connectivity index (χ2n) is 5.72. The van der Waals surface area contributed by atoms with Crippen molar-refractivity contribution in [2.45, 2.75) is 43.2 Å². The van der Waals surface area contributed by atoms with Crippen molar-refractivity contribution >= 4 is 21.6 Å². The molecular weight excluding hydrogens is 315 g/mol. The molecule has 0 bridgehead atoms. The second kappa shape index (κ2) is 6.20. The molecule has 1 fully saturated rings. The molecule has 1 aromatic rings. The van der Waals surface area contributed by atoms with E-state index >= 15 is 0 Å². The fraction of sp³-hybridized carbons (Fsp3) is 0.571. The van der Waals surface area contributed by atoms with Crippen LogP contribution in [0.3, 0.4) is 0 Å². The number of likely N-dealkylation sites (N-methyl/N-ethyl adjacent to an activating group) is 1. The van der Waals surface area contributed by atoms with Gasteiger partial charge in [-0.3, -0.25) is 0 Å². The summed E-state index contributed by atoms with van der Waals surface area (Å²) >= 11 is 5.90. The van der Waals surface area contributed by atoms with Gasteiger partial charge in [-0.15, -0.1) is 0 Å². The molecule has 4 nitrogen and oxygen atoms in total. The fourth-order valence-electron chi connectivity index (χ4n) is 2.80. The van der Waals surface area contributed by atoms with Crippen LogP contribution in [-0.4, -0.2) is 39.5 Å².